The van der Waals surface area contributed by atoms with Gasteiger partial charge in [0.1, 0.15) is 5.82 Å². The minimum atomic E-state index is -0.177. The fraction of sp³-hybridized carbons (Fsp3) is 0.111. The van der Waals surface area contributed by atoms with E-state index in [0.717, 1.165) is 15.0 Å². The molecule has 1 aromatic heterocycles. The number of hydrogen-bond donors (Lipinski definition) is 1. The van der Waals surface area contributed by atoms with Gasteiger partial charge in [-0.2, -0.15) is 0 Å². The van der Waals surface area contributed by atoms with Gasteiger partial charge < -0.3 is 0 Å². The second-order valence-corrected chi connectivity index (χ2v) is 4.76. The van der Waals surface area contributed by atoms with Crippen molar-refractivity contribution in [2.45, 2.75) is 9.79 Å². The van der Waals surface area contributed by atoms with Gasteiger partial charge in [-0.3, -0.25) is 0 Å². The van der Waals surface area contributed by atoms with Crippen LogP contribution in [0.15, 0.2) is 27.3 Å². The molecular formula is C9H7FS3. The Balaban J connectivity index is 2.85. The van der Waals surface area contributed by atoms with Crippen molar-refractivity contribution in [3.63, 3.8) is 0 Å². The van der Waals surface area contributed by atoms with Crippen LogP contribution in [0.1, 0.15) is 0 Å². The monoisotopic (exact) mass is 230 g/mol. The molecular weight excluding hydrogens is 223 g/mol. The highest BCUT2D eigenvalue weighted by Crippen LogP contribution is 2.36. The van der Waals surface area contributed by atoms with Crippen LogP contribution in [0.3, 0.4) is 0 Å². The lowest BCUT2D eigenvalue weighted by atomic mass is 10.2. The van der Waals surface area contributed by atoms with Gasteiger partial charge in [-0.05, 0) is 29.2 Å². The summed E-state index contributed by atoms with van der Waals surface area (Å²) in [5.74, 6) is -0.177. The van der Waals surface area contributed by atoms with E-state index in [1.165, 1.54) is 11.8 Å². The van der Waals surface area contributed by atoms with Crippen LogP contribution >= 0.6 is 35.7 Å². The van der Waals surface area contributed by atoms with Crippen LogP contribution in [0.5, 0.6) is 0 Å². The van der Waals surface area contributed by atoms with Crippen molar-refractivity contribution in [2.24, 2.45) is 0 Å². The quantitative estimate of drug-likeness (QED) is 0.569. The Morgan fingerprint density at radius 1 is 1.54 bits per heavy atom. The third kappa shape index (κ3) is 1.47. The van der Waals surface area contributed by atoms with Crippen LogP contribution in [0.4, 0.5) is 4.39 Å². The molecule has 68 valence electrons. The van der Waals surface area contributed by atoms with Crippen molar-refractivity contribution in [1.29, 1.82) is 0 Å². The van der Waals surface area contributed by atoms with E-state index in [1.54, 1.807) is 17.4 Å². The largest absolute Gasteiger partial charge is 0.206 e. The average Bonchev–Trinajstić information content (AvgIpc) is 2.53. The van der Waals surface area contributed by atoms with Gasteiger partial charge in [-0.15, -0.1) is 35.7 Å². The van der Waals surface area contributed by atoms with E-state index >= 15 is 0 Å². The minimum absolute atomic E-state index is 0.177. The average molecular weight is 230 g/mol. The Bertz CT molecular complexity index is 447. The molecule has 0 aliphatic carbocycles. The third-order valence-electron chi connectivity index (χ3n) is 1.83. The Morgan fingerprint density at radius 3 is 3.00 bits per heavy atom. The first kappa shape index (κ1) is 9.37. The summed E-state index contributed by atoms with van der Waals surface area (Å²) in [5.41, 5.74) is 0. The molecule has 0 aliphatic heterocycles. The predicted octanol–water partition coefficient (Wildman–Crippen LogP) is 4.05. The summed E-state index contributed by atoms with van der Waals surface area (Å²) in [6.45, 7) is 0. The van der Waals surface area contributed by atoms with Gasteiger partial charge in [-0.1, -0.05) is 0 Å². The number of halogens is 1. The first-order valence-electron chi connectivity index (χ1n) is 3.66. The lowest BCUT2D eigenvalue weighted by Crippen LogP contribution is -1.82. The van der Waals surface area contributed by atoms with E-state index in [4.69, 9.17) is 0 Å². The molecule has 0 atom stereocenters. The molecule has 0 spiro atoms. The Hall–Kier alpha value is -0.190. The number of fused-ring (bicyclic) bond motifs is 1. The molecule has 0 saturated carbocycles. The lowest BCUT2D eigenvalue weighted by molar-refractivity contribution is 0.598. The first-order chi connectivity index (χ1) is 6.24. The molecule has 0 nitrogen and oxygen atoms in total. The summed E-state index contributed by atoms with van der Waals surface area (Å²) in [6, 6.07) is 3.48. The lowest BCUT2D eigenvalue weighted by Gasteiger charge is -2.03. The molecule has 0 radical (unpaired) electrons. The molecule has 4 heteroatoms. The fourth-order valence-corrected chi connectivity index (χ4v) is 3.35. The third-order valence-corrected chi connectivity index (χ3v) is 4.33. The van der Waals surface area contributed by atoms with Crippen LogP contribution in [0.2, 0.25) is 0 Å². The normalized spacial score (nSPS) is 11.0. The number of benzene rings is 1. The van der Waals surface area contributed by atoms with Crippen molar-refractivity contribution < 1.29 is 4.39 Å². The van der Waals surface area contributed by atoms with Crippen molar-refractivity contribution in [1.82, 2.24) is 0 Å². The van der Waals surface area contributed by atoms with E-state index in [2.05, 4.69) is 12.6 Å². The summed E-state index contributed by atoms with van der Waals surface area (Å²) < 4.78 is 14.5. The van der Waals surface area contributed by atoms with E-state index in [9.17, 15) is 4.39 Å². The maximum absolute atomic E-state index is 13.4. The summed E-state index contributed by atoms with van der Waals surface area (Å²) in [7, 11) is 0. The smallest absolute Gasteiger partial charge is 0.138 e. The second kappa shape index (κ2) is 3.52. The zero-order valence-electron chi connectivity index (χ0n) is 6.87. The summed E-state index contributed by atoms with van der Waals surface area (Å²) in [4.78, 5) is 1.40. The van der Waals surface area contributed by atoms with Crippen LogP contribution in [0.25, 0.3) is 10.1 Å². The first-order valence-corrected chi connectivity index (χ1v) is 6.22. The van der Waals surface area contributed by atoms with Gasteiger partial charge in [0.2, 0.25) is 0 Å². The van der Waals surface area contributed by atoms with Crippen LogP contribution in [-0.4, -0.2) is 6.26 Å². The van der Waals surface area contributed by atoms with Gasteiger partial charge >= 0.3 is 0 Å². The molecule has 0 aliphatic rings. The predicted molar refractivity (Wildman–Crippen MR) is 60.8 cm³/mol. The Morgan fingerprint density at radius 2 is 2.31 bits per heavy atom. The van der Waals surface area contributed by atoms with E-state index in [-0.39, 0.29) is 5.82 Å². The van der Waals surface area contributed by atoms with Crippen molar-refractivity contribution in [3.8, 4) is 0 Å². The number of thioether (sulfide) groups is 1. The van der Waals surface area contributed by atoms with Crippen molar-refractivity contribution in [2.75, 3.05) is 6.26 Å². The zero-order valence-corrected chi connectivity index (χ0v) is 9.40. The standard InChI is InChI=1S/C9H7FS3/c1-12-9-6(10)4-5-2-3-13-8(5)7(9)11/h2-4,11H,1H3. The molecule has 0 amide bonds. The number of thiophene rings is 1. The van der Waals surface area contributed by atoms with Crippen LogP contribution in [-0.2, 0) is 0 Å². The SMILES string of the molecule is CSc1c(F)cc2ccsc2c1S. The number of rotatable bonds is 1. The van der Waals surface area contributed by atoms with Crippen LogP contribution in [0, 0.1) is 5.82 Å². The molecule has 2 aromatic rings. The number of thiol groups is 1. The highest BCUT2D eigenvalue weighted by atomic mass is 32.2. The molecule has 0 bridgehead atoms. The second-order valence-electron chi connectivity index (χ2n) is 2.58. The minimum Gasteiger partial charge on any atom is -0.206 e. The Labute approximate surface area is 89.6 Å². The van der Waals surface area contributed by atoms with E-state index in [0.29, 0.717) is 4.90 Å². The van der Waals surface area contributed by atoms with Gasteiger partial charge in [0.25, 0.3) is 0 Å². The molecule has 0 saturated heterocycles. The maximum atomic E-state index is 13.4. The van der Waals surface area contributed by atoms with Gasteiger partial charge in [0.15, 0.2) is 0 Å². The van der Waals surface area contributed by atoms with Crippen molar-refractivity contribution >= 4 is 45.8 Å². The topological polar surface area (TPSA) is 0 Å². The number of hydrogen-bond acceptors (Lipinski definition) is 3. The fourth-order valence-electron chi connectivity index (χ4n) is 1.24. The highest BCUT2D eigenvalue weighted by Gasteiger charge is 2.10. The summed E-state index contributed by atoms with van der Waals surface area (Å²) in [5, 5.41) is 2.89. The molecule has 0 unspecified atom stereocenters. The molecule has 2 rings (SSSR count). The maximum Gasteiger partial charge on any atom is 0.138 e. The van der Waals surface area contributed by atoms with Crippen LogP contribution < -0.4 is 0 Å². The zero-order chi connectivity index (χ0) is 9.42. The molecule has 1 heterocycles. The van der Waals surface area contributed by atoms with E-state index < -0.39 is 0 Å². The van der Waals surface area contributed by atoms with Gasteiger partial charge in [0, 0.05) is 9.60 Å². The summed E-state index contributed by atoms with van der Waals surface area (Å²) >= 11 is 7.32. The molecule has 13 heavy (non-hydrogen) atoms. The summed E-state index contributed by atoms with van der Waals surface area (Å²) in [6.07, 6.45) is 1.86. The molecule has 1 aromatic carbocycles. The van der Waals surface area contributed by atoms with Gasteiger partial charge in [-0.25, -0.2) is 4.39 Å². The highest BCUT2D eigenvalue weighted by molar-refractivity contribution is 7.99. The van der Waals surface area contributed by atoms with Gasteiger partial charge in [0.05, 0.1) is 4.90 Å². The Kier molecular flexibility index (Phi) is 2.53. The molecule has 0 N–H and O–H groups in total. The molecule has 0 fully saturated rings. The van der Waals surface area contributed by atoms with Crippen molar-refractivity contribution in [3.05, 3.63) is 23.3 Å². The van der Waals surface area contributed by atoms with E-state index in [1.807, 2.05) is 17.7 Å².